The molecular weight excluding hydrogens is 677 g/mol. The van der Waals surface area contributed by atoms with Gasteiger partial charge in [-0.2, -0.15) is 10.2 Å². The number of nitrogens with one attached hydrogen (secondary N) is 1. The molecule has 51 heavy (non-hydrogen) atoms. The Bertz CT molecular complexity index is 1630. The zero-order chi connectivity index (χ0) is 36.7. The number of amides is 2. The molecule has 0 bridgehead atoms. The number of aryl methyl sites for hydroxylation is 2. The first-order valence-electron chi connectivity index (χ1n) is 19.0. The van der Waals surface area contributed by atoms with Crippen LogP contribution in [-0.4, -0.2) is 62.3 Å². The molecule has 10 nitrogen and oxygen atoms in total. The number of hydrogen-bond donors (Lipinski definition) is 2. The number of hydrogen-bond acceptors (Lipinski definition) is 6. The first-order chi connectivity index (χ1) is 24.3. The summed E-state index contributed by atoms with van der Waals surface area (Å²) in [5.41, 5.74) is 11.7. The molecule has 3 aromatic rings. The molecule has 1 aromatic carbocycles. The number of carbonyl (C=O) groups is 2. The van der Waals surface area contributed by atoms with E-state index in [4.69, 9.17) is 15.6 Å². The molecule has 2 amide bonds. The molecule has 0 radical (unpaired) electrons. The van der Waals surface area contributed by atoms with Gasteiger partial charge in [0.2, 0.25) is 5.91 Å². The molecule has 0 spiro atoms. The van der Waals surface area contributed by atoms with Crippen LogP contribution in [0.4, 0.5) is 5.69 Å². The van der Waals surface area contributed by atoms with Crippen molar-refractivity contribution < 1.29 is 18.5 Å². The number of benzene rings is 1. The molecule has 2 fully saturated rings. The Kier molecular flexibility index (Phi) is 13.5. The van der Waals surface area contributed by atoms with E-state index in [9.17, 15) is 13.8 Å². The zero-order valence-electron chi connectivity index (χ0n) is 31.7. The summed E-state index contributed by atoms with van der Waals surface area (Å²) >= 11 is 0. The first kappa shape index (κ1) is 39.1. The normalized spacial score (nSPS) is 17.5. The fourth-order valence-corrected chi connectivity index (χ4v) is 9.67. The van der Waals surface area contributed by atoms with Gasteiger partial charge in [-0.25, -0.2) is 4.68 Å². The third-order valence-corrected chi connectivity index (χ3v) is 13.6. The number of primary amides is 1. The van der Waals surface area contributed by atoms with Crippen molar-refractivity contribution >= 4 is 36.4 Å². The Hall–Kier alpha value is -3.09. The maximum absolute atomic E-state index is 14.8. The Labute approximate surface area is 308 Å². The van der Waals surface area contributed by atoms with Crippen molar-refractivity contribution in [2.75, 3.05) is 23.9 Å². The Balaban J connectivity index is 1.44. The molecule has 2 atom stereocenters. The SMILES string of the molecule is Cc1nn(COCC[Si](C)(C)C)c(C)c1-c1ccc(NC(=O)[C@H](c2cnn(CCS(C)=O)c2C(N)=O)C(C2CCCCC2)C2CCCCC2)cc1. The van der Waals surface area contributed by atoms with Crippen LogP contribution in [0.2, 0.25) is 25.7 Å². The topological polar surface area (TPSA) is 134 Å². The Morgan fingerprint density at radius 1 is 0.980 bits per heavy atom. The van der Waals surface area contributed by atoms with Gasteiger partial charge in [-0.3, -0.25) is 18.5 Å². The van der Waals surface area contributed by atoms with Gasteiger partial charge in [0.15, 0.2) is 0 Å². The zero-order valence-corrected chi connectivity index (χ0v) is 33.5. The van der Waals surface area contributed by atoms with Gasteiger partial charge in [0.1, 0.15) is 12.4 Å². The highest BCUT2D eigenvalue weighted by molar-refractivity contribution is 7.84. The summed E-state index contributed by atoms with van der Waals surface area (Å²) in [6, 6.07) is 9.10. The van der Waals surface area contributed by atoms with Gasteiger partial charge >= 0.3 is 0 Å². The molecule has 2 aliphatic carbocycles. The highest BCUT2D eigenvalue weighted by Gasteiger charge is 2.43. The highest BCUT2D eigenvalue weighted by atomic mass is 32.2. The van der Waals surface area contributed by atoms with Gasteiger partial charge in [0, 0.05) is 60.0 Å². The second kappa shape index (κ2) is 17.6. The van der Waals surface area contributed by atoms with E-state index < -0.39 is 30.7 Å². The summed E-state index contributed by atoms with van der Waals surface area (Å²) in [6.07, 6.45) is 14.8. The molecule has 2 heterocycles. The molecule has 280 valence electrons. The Morgan fingerprint density at radius 2 is 1.59 bits per heavy atom. The average molecular weight is 737 g/mol. The molecular formula is C39H60N6O4SSi. The quantitative estimate of drug-likeness (QED) is 0.115. The van der Waals surface area contributed by atoms with Crippen molar-refractivity contribution in [3.05, 3.63) is 53.1 Å². The first-order valence-corrected chi connectivity index (χ1v) is 24.5. The van der Waals surface area contributed by atoms with Gasteiger partial charge < -0.3 is 15.8 Å². The van der Waals surface area contributed by atoms with Crippen LogP contribution in [-0.2, 0) is 33.6 Å². The standard InChI is InChI=1S/C39H60N6O4SSi/c1-27-34(28(2)45(43-27)26-49-22-24-51(4,5)6)31-17-19-32(20-18-31)42-39(47)36(33-25-41-44(21-23-50(3)48)37(33)38(40)46)35(29-13-9-7-10-14-29)30-15-11-8-12-16-30/h17-20,25,29-30,35-36H,7-16,21-24,26H2,1-6H3,(H2,40,46)(H,42,47)/t36-,50?/m1/s1. The lowest BCUT2D eigenvalue weighted by atomic mass is 9.63. The summed E-state index contributed by atoms with van der Waals surface area (Å²) in [7, 11) is -2.24. The van der Waals surface area contributed by atoms with Crippen LogP contribution in [0.1, 0.15) is 97.6 Å². The number of nitrogens with two attached hydrogens (primary N) is 1. The summed E-state index contributed by atoms with van der Waals surface area (Å²) in [4.78, 5) is 27.9. The molecule has 1 unspecified atom stereocenters. The van der Waals surface area contributed by atoms with Gasteiger partial charge in [-0.05, 0) is 55.3 Å². The minimum absolute atomic E-state index is 0.0741. The van der Waals surface area contributed by atoms with Gasteiger partial charge in [0.05, 0.1) is 24.4 Å². The number of ether oxygens (including phenoxy) is 1. The monoisotopic (exact) mass is 736 g/mol. The molecule has 3 N–H and O–H groups in total. The van der Waals surface area contributed by atoms with Gasteiger partial charge in [-0.1, -0.05) is 96.0 Å². The van der Waals surface area contributed by atoms with Crippen LogP contribution in [0.15, 0.2) is 30.5 Å². The fraction of sp³-hybridized carbons (Fsp3) is 0.641. The minimum atomic E-state index is -1.17. The predicted octanol–water partition coefficient (Wildman–Crippen LogP) is 7.65. The Morgan fingerprint density at radius 3 is 2.14 bits per heavy atom. The molecule has 2 saturated carbocycles. The number of nitrogens with zero attached hydrogens (tertiary/aromatic N) is 4. The summed E-state index contributed by atoms with van der Waals surface area (Å²) in [5.74, 6) is -0.120. The third kappa shape index (κ3) is 10.1. The van der Waals surface area contributed by atoms with Gasteiger partial charge in [0.25, 0.3) is 5.91 Å². The molecule has 0 aliphatic heterocycles. The molecule has 5 rings (SSSR count). The minimum Gasteiger partial charge on any atom is -0.364 e. The molecule has 0 saturated heterocycles. The van der Waals surface area contributed by atoms with E-state index in [2.05, 4.69) is 37.0 Å². The number of anilines is 1. The van der Waals surface area contributed by atoms with Crippen LogP contribution in [0.5, 0.6) is 0 Å². The van der Waals surface area contributed by atoms with Crippen LogP contribution in [0.3, 0.4) is 0 Å². The van der Waals surface area contributed by atoms with Crippen molar-refractivity contribution in [1.82, 2.24) is 19.6 Å². The summed E-state index contributed by atoms with van der Waals surface area (Å²) in [6.45, 7) is 12.6. The van der Waals surface area contributed by atoms with Crippen LogP contribution in [0, 0.1) is 31.6 Å². The van der Waals surface area contributed by atoms with Crippen LogP contribution >= 0.6 is 0 Å². The highest BCUT2D eigenvalue weighted by Crippen LogP contribution is 2.48. The van der Waals surface area contributed by atoms with E-state index in [-0.39, 0.29) is 17.5 Å². The van der Waals surface area contributed by atoms with Crippen LogP contribution in [0.25, 0.3) is 11.1 Å². The van der Waals surface area contributed by atoms with E-state index in [1.165, 1.54) is 12.8 Å². The average Bonchev–Trinajstić information content (AvgIpc) is 3.64. The van der Waals surface area contributed by atoms with Crippen molar-refractivity contribution in [3.63, 3.8) is 0 Å². The molecule has 2 aliphatic rings. The van der Waals surface area contributed by atoms with Crippen molar-refractivity contribution in [2.45, 2.75) is 123 Å². The van der Waals surface area contributed by atoms with E-state index in [0.29, 0.717) is 42.1 Å². The van der Waals surface area contributed by atoms with E-state index in [0.717, 1.165) is 86.5 Å². The largest absolute Gasteiger partial charge is 0.364 e. The molecule has 12 heteroatoms. The lowest BCUT2D eigenvalue weighted by Crippen LogP contribution is -2.39. The maximum atomic E-state index is 14.8. The number of aromatic nitrogens is 4. The van der Waals surface area contributed by atoms with Crippen molar-refractivity contribution in [3.8, 4) is 11.1 Å². The summed E-state index contributed by atoms with van der Waals surface area (Å²) in [5, 5.41) is 12.6. The maximum Gasteiger partial charge on any atom is 0.267 e. The fourth-order valence-electron chi connectivity index (χ4n) is 8.48. The number of carbonyl (C=O) groups excluding carboxylic acids is 2. The van der Waals surface area contributed by atoms with Crippen molar-refractivity contribution in [2.24, 2.45) is 23.5 Å². The van der Waals surface area contributed by atoms with Crippen molar-refractivity contribution in [1.29, 1.82) is 0 Å². The summed E-state index contributed by atoms with van der Waals surface area (Å²) < 4.78 is 21.5. The van der Waals surface area contributed by atoms with Gasteiger partial charge in [-0.15, -0.1) is 0 Å². The van der Waals surface area contributed by atoms with E-state index in [1.54, 1.807) is 17.1 Å². The number of rotatable bonds is 16. The lowest BCUT2D eigenvalue weighted by molar-refractivity contribution is -0.120. The molecule has 2 aromatic heterocycles. The lowest BCUT2D eigenvalue weighted by Gasteiger charge is -2.42. The third-order valence-electron chi connectivity index (χ3n) is 11.1. The second-order valence-corrected chi connectivity index (χ2v) is 23.3. The second-order valence-electron chi connectivity index (χ2n) is 16.1. The smallest absolute Gasteiger partial charge is 0.267 e. The van der Waals surface area contributed by atoms with E-state index in [1.807, 2.05) is 35.9 Å². The van der Waals surface area contributed by atoms with E-state index >= 15 is 0 Å². The van der Waals surface area contributed by atoms with Crippen LogP contribution < -0.4 is 11.1 Å². The predicted molar refractivity (Wildman–Crippen MR) is 209 cm³/mol.